The maximum Gasteiger partial charge on any atom is 0.443 e. The standard InChI is InChI=1S/C17H19F3O5S/c1-15(2,3)25-14(22)16(26-17(18,19)20)8-9-6-11(23-4)12(24-5)7-10(9)13(16)21/h6-7H,8H2,1-5H3/t16-/m1/s1. The number of Topliss-reactive ketones (excluding diaryl/α,β-unsaturated/α-hetero) is 1. The summed E-state index contributed by atoms with van der Waals surface area (Å²) < 4.78 is 52.5. The summed E-state index contributed by atoms with van der Waals surface area (Å²) in [5.74, 6) is -1.72. The summed E-state index contributed by atoms with van der Waals surface area (Å²) in [5, 5.41) is 0. The summed E-state index contributed by atoms with van der Waals surface area (Å²) in [6.45, 7) is 4.57. The summed E-state index contributed by atoms with van der Waals surface area (Å²) in [4.78, 5) is 25.5. The number of fused-ring (bicyclic) bond motifs is 1. The summed E-state index contributed by atoms with van der Waals surface area (Å²) in [6.07, 6.45) is -0.444. The van der Waals surface area contributed by atoms with Crippen molar-refractivity contribution in [1.29, 1.82) is 0 Å². The minimum absolute atomic E-state index is 0.00902. The van der Waals surface area contributed by atoms with Crippen LogP contribution in [0.15, 0.2) is 12.1 Å². The van der Waals surface area contributed by atoms with Crippen molar-refractivity contribution in [3.63, 3.8) is 0 Å². The van der Waals surface area contributed by atoms with E-state index in [1.165, 1.54) is 47.1 Å². The van der Waals surface area contributed by atoms with Crippen molar-refractivity contribution in [2.24, 2.45) is 0 Å². The number of esters is 1. The van der Waals surface area contributed by atoms with Crippen LogP contribution >= 0.6 is 11.8 Å². The number of hydrogen-bond donors (Lipinski definition) is 0. The number of halogens is 3. The second kappa shape index (κ2) is 6.68. The molecule has 0 aliphatic heterocycles. The molecule has 5 nitrogen and oxygen atoms in total. The van der Waals surface area contributed by atoms with E-state index >= 15 is 0 Å². The number of methoxy groups -OCH3 is 2. The fraction of sp³-hybridized carbons (Fsp3) is 0.529. The predicted molar refractivity (Wildman–Crippen MR) is 89.8 cm³/mol. The Morgan fingerprint density at radius 3 is 2.12 bits per heavy atom. The van der Waals surface area contributed by atoms with Crippen molar-refractivity contribution in [3.8, 4) is 11.5 Å². The highest BCUT2D eigenvalue weighted by atomic mass is 32.2. The third-order valence-corrected chi connectivity index (χ3v) is 4.76. The molecule has 1 aliphatic carbocycles. The van der Waals surface area contributed by atoms with E-state index in [1.54, 1.807) is 0 Å². The van der Waals surface area contributed by atoms with Crippen LogP contribution in [0.25, 0.3) is 0 Å². The topological polar surface area (TPSA) is 61.8 Å². The molecule has 9 heteroatoms. The van der Waals surface area contributed by atoms with Crippen LogP contribution in [0, 0.1) is 0 Å². The first-order valence-corrected chi connectivity index (χ1v) is 8.44. The van der Waals surface area contributed by atoms with Crippen molar-refractivity contribution in [3.05, 3.63) is 23.3 Å². The van der Waals surface area contributed by atoms with Gasteiger partial charge in [0.2, 0.25) is 0 Å². The van der Waals surface area contributed by atoms with Crippen molar-refractivity contribution in [2.45, 2.75) is 43.0 Å². The van der Waals surface area contributed by atoms with E-state index in [0.717, 1.165) is 0 Å². The molecule has 0 fully saturated rings. The van der Waals surface area contributed by atoms with Gasteiger partial charge >= 0.3 is 11.5 Å². The van der Waals surface area contributed by atoms with Gasteiger partial charge in [0.15, 0.2) is 22.0 Å². The molecule has 0 bridgehead atoms. The van der Waals surface area contributed by atoms with Crippen molar-refractivity contribution < 1.29 is 37.0 Å². The van der Waals surface area contributed by atoms with Crippen LogP contribution in [0.1, 0.15) is 36.7 Å². The normalized spacial score (nSPS) is 19.9. The van der Waals surface area contributed by atoms with Gasteiger partial charge in [0.05, 0.1) is 14.2 Å². The summed E-state index contributed by atoms with van der Waals surface area (Å²) >= 11 is -0.654. The van der Waals surface area contributed by atoms with Crippen molar-refractivity contribution in [2.75, 3.05) is 14.2 Å². The first kappa shape index (κ1) is 20.4. The lowest BCUT2D eigenvalue weighted by Gasteiger charge is -2.29. The van der Waals surface area contributed by atoms with Gasteiger partial charge in [-0.25, -0.2) is 0 Å². The van der Waals surface area contributed by atoms with Crippen molar-refractivity contribution >= 4 is 23.5 Å². The summed E-state index contributed by atoms with van der Waals surface area (Å²) in [6, 6.07) is 2.70. The SMILES string of the molecule is COc1cc2c(cc1OC)C(=O)[C@@](SC(F)(F)F)(C(=O)OC(C)(C)C)C2. The Morgan fingerprint density at radius 1 is 1.12 bits per heavy atom. The van der Waals surface area contributed by atoms with Gasteiger partial charge in [0, 0.05) is 12.0 Å². The van der Waals surface area contributed by atoms with E-state index in [2.05, 4.69) is 0 Å². The largest absolute Gasteiger partial charge is 0.493 e. The maximum absolute atomic E-state index is 13.2. The molecule has 0 aromatic heterocycles. The molecular weight excluding hydrogens is 373 g/mol. The summed E-state index contributed by atoms with van der Waals surface area (Å²) in [5.41, 5.74) is -5.58. The lowest BCUT2D eigenvalue weighted by atomic mass is 10.0. The summed E-state index contributed by atoms with van der Waals surface area (Å²) in [7, 11) is 2.71. The molecule has 0 amide bonds. The minimum atomic E-state index is -4.80. The van der Waals surface area contributed by atoms with E-state index < -0.39 is 45.8 Å². The van der Waals surface area contributed by atoms with E-state index in [1.807, 2.05) is 0 Å². The molecule has 0 saturated carbocycles. The number of ketones is 1. The van der Waals surface area contributed by atoms with Crippen LogP contribution in [0.4, 0.5) is 13.2 Å². The van der Waals surface area contributed by atoms with Gasteiger partial charge in [-0.15, -0.1) is 0 Å². The molecular formula is C17H19F3O5S. The predicted octanol–water partition coefficient (Wildman–Crippen LogP) is 3.78. The molecule has 1 aromatic rings. The van der Waals surface area contributed by atoms with Gasteiger partial charge in [-0.05, 0) is 50.2 Å². The molecule has 1 aromatic carbocycles. The Labute approximate surface area is 153 Å². The molecule has 0 saturated heterocycles. The molecule has 0 heterocycles. The first-order valence-electron chi connectivity index (χ1n) is 7.63. The third kappa shape index (κ3) is 3.92. The van der Waals surface area contributed by atoms with Gasteiger partial charge in [0.1, 0.15) is 5.60 Å². The molecule has 144 valence electrons. The van der Waals surface area contributed by atoms with Gasteiger partial charge in [-0.1, -0.05) is 0 Å². The first-order chi connectivity index (χ1) is 11.8. The zero-order valence-electron chi connectivity index (χ0n) is 14.9. The molecule has 0 spiro atoms. The second-order valence-electron chi connectivity index (χ2n) is 6.75. The Morgan fingerprint density at radius 2 is 1.65 bits per heavy atom. The van der Waals surface area contributed by atoms with Gasteiger partial charge in [0.25, 0.3) is 0 Å². The van der Waals surface area contributed by atoms with Crippen LogP contribution in [0.3, 0.4) is 0 Å². The molecule has 1 atom stereocenters. The van der Waals surface area contributed by atoms with Crippen LogP contribution in [0.5, 0.6) is 11.5 Å². The quantitative estimate of drug-likeness (QED) is 0.574. The van der Waals surface area contributed by atoms with Gasteiger partial charge in [-0.2, -0.15) is 13.2 Å². The molecule has 1 aliphatic rings. The molecule has 26 heavy (non-hydrogen) atoms. The third-order valence-electron chi connectivity index (χ3n) is 3.68. The Balaban J connectivity index is 2.56. The van der Waals surface area contributed by atoms with Gasteiger partial charge in [-0.3, -0.25) is 9.59 Å². The maximum atomic E-state index is 13.2. The zero-order valence-corrected chi connectivity index (χ0v) is 15.8. The fourth-order valence-electron chi connectivity index (χ4n) is 2.69. The lowest BCUT2D eigenvalue weighted by molar-refractivity contribution is -0.156. The number of benzene rings is 1. The Kier molecular flexibility index (Phi) is 5.24. The average molecular weight is 392 g/mol. The number of ether oxygens (including phenoxy) is 3. The number of thioether (sulfide) groups is 1. The smallest absolute Gasteiger partial charge is 0.443 e. The average Bonchev–Trinajstić information content (AvgIpc) is 2.75. The van der Waals surface area contributed by atoms with Gasteiger partial charge < -0.3 is 14.2 Å². The Hall–Kier alpha value is -1.90. The molecule has 0 N–H and O–H groups in total. The number of carbonyl (C=O) groups is 2. The number of hydrogen-bond acceptors (Lipinski definition) is 6. The highest BCUT2D eigenvalue weighted by molar-refractivity contribution is 8.03. The lowest BCUT2D eigenvalue weighted by Crippen LogP contribution is -2.47. The fourth-order valence-corrected chi connectivity index (χ4v) is 3.64. The van der Waals surface area contributed by atoms with Crippen LogP contribution < -0.4 is 9.47 Å². The Bertz CT molecular complexity index is 739. The molecule has 0 unspecified atom stereocenters. The number of carbonyl (C=O) groups excluding carboxylic acids is 2. The number of rotatable bonds is 4. The van der Waals surface area contributed by atoms with E-state index in [0.29, 0.717) is 0 Å². The number of alkyl halides is 3. The van der Waals surface area contributed by atoms with Crippen LogP contribution in [-0.4, -0.2) is 41.8 Å². The van der Waals surface area contributed by atoms with Crippen LogP contribution in [-0.2, 0) is 16.0 Å². The van der Waals surface area contributed by atoms with E-state index in [4.69, 9.17) is 14.2 Å². The monoisotopic (exact) mass is 392 g/mol. The van der Waals surface area contributed by atoms with E-state index in [9.17, 15) is 22.8 Å². The minimum Gasteiger partial charge on any atom is -0.493 e. The van der Waals surface area contributed by atoms with E-state index in [-0.39, 0.29) is 22.6 Å². The van der Waals surface area contributed by atoms with Crippen molar-refractivity contribution in [1.82, 2.24) is 0 Å². The van der Waals surface area contributed by atoms with Crippen LogP contribution in [0.2, 0.25) is 0 Å². The highest BCUT2D eigenvalue weighted by Crippen LogP contribution is 2.50. The zero-order chi connectivity index (χ0) is 19.9. The second-order valence-corrected chi connectivity index (χ2v) is 8.11. The highest BCUT2D eigenvalue weighted by Gasteiger charge is 2.60. The molecule has 2 rings (SSSR count). The molecule has 0 radical (unpaired) electrons.